The first-order valence-electron chi connectivity index (χ1n) is 9.47. The zero-order chi connectivity index (χ0) is 20.3. The van der Waals surface area contributed by atoms with Crippen molar-refractivity contribution < 1.29 is 23.5 Å². The zero-order valence-electron chi connectivity index (χ0n) is 16.5. The summed E-state index contributed by atoms with van der Waals surface area (Å²) in [5.41, 5.74) is 3.64. The maximum Gasteiger partial charge on any atom is 0.309 e. The highest BCUT2D eigenvalue weighted by Crippen LogP contribution is 2.21. The molecule has 2 aromatic rings. The molecule has 6 nitrogen and oxygen atoms in total. The SMILES string of the molecule is Cc1cc(C)c(C(=O)COC(=O)C2CCN(C(=O)c3ccco3)CC2)cc1C. The number of Topliss-reactive ketones (excluding diaryl/α,β-unsaturated/α-hetero) is 1. The molecule has 0 unspecified atom stereocenters. The Morgan fingerprint density at radius 1 is 1.07 bits per heavy atom. The molecule has 0 atom stereocenters. The van der Waals surface area contributed by atoms with Crippen LogP contribution in [0.3, 0.4) is 0 Å². The average molecular weight is 383 g/mol. The van der Waals surface area contributed by atoms with Crippen LogP contribution in [0.1, 0.15) is 50.4 Å². The van der Waals surface area contributed by atoms with Crippen LogP contribution in [0.25, 0.3) is 0 Å². The number of ether oxygens (including phenoxy) is 1. The minimum atomic E-state index is -0.375. The fraction of sp³-hybridized carbons (Fsp3) is 0.409. The van der Waals surface area contributed by atoms with E-state index in [2.05, 4.69) is 0 Å². The highest BCUT2D eigenvalue weighted by molar-refractivity contribution is 5.99. The van der Waals surface area contributed by atoms with Gasteiger partial charge in [0, 0.05) is 18.7 Å². The molecule has 0 spiro atoms. The van der Waals surface area contributed by atoms with Crippen LogP contribution in [-0.4, -0.2) is 42.3 Å². The fourth-order valence-corrected chi connectivity index (χ4v) is 3.47. The third-order valence-corrected chi connectivity index (χ3v) is 5.33. The van der Waals surface area contributed by atoms with E-state index in [9.17, 15) is 14.4 Å². The summed E-state index contributed by atoms with van der Waals surface area (Å²) in [6.07, 6.45) is 2.50. The van der Waals surface area contributed by atoms with E-state index < -0.39 is 0 Å². The van der Waals surface area contributed by atoms with Gasteiger partial charge in [-0.1, -0.05) is 6.07 Å². The molecule has 1 aliphatic heterocycles. The number of esters is 1. The number of carbonyl (C=O) groups excluding carboxylic acids is 3. The van der Waals surface area contributed by atoms with Gasteiger partial charge in [0.05, 0.1) is 12.2 Å². The van der Waals surface area contributed by atoms with Crippen LogP contribution in [0.2, 0.25) is 0 Å². The minimum Gasteiger partial charge on any atom is -0.459 e. The third-order valence-electron chi connectivity index (χ3n) is 5.33. The summed E-state index contributed by atoms with van der Waals surface area (Å²) in [6, 6.07) is 7.12. The van der Waals surface area contributed by atoms with Gasteiger partial charge in [-0.3, -0.25) is 14.4 Å². The molecule has 28 heavy (non-hydrogen) atoms. The van der Waals surface area contributed by atoms with Crippen LogP contribution >= 0.6 is 0 Å². The number of carbonyl (C=O) groups is 3. The number of amides is 1. The van der Waals surface area contributed by atoms with Crippen molar-refractivity contribution in [2.45, 2.75) is 33.6 Å². The van der Waals surface area contributed by atoms with E-state index in [0.717, 1.165) is 16.7 Å². The quantitative estimate of drug-likeness (QED) is 0.584. The van der Waals surface area contributed by atoms with Gasteiger partial charge in [0.1, 0.15) is 0 Å². The van der Waals surface area contributed by atoms with Crippen molar-refractivity contribution in [1.82, 2.24) is 4.90 Å². The molecule has 1 fully saturated rings. The monoisotopic (exact) mass is 383 g/mol. The molecule has 1 aromatic carbocycles. The Labute approximate surface area is 164 Å². The summed E-state index contributed by atoms with van der Waals surface area (Å²) in [4.78, 5) is 38.7. The van der Waals surface area contributed by atoms with E-state index in [4.69, 9.17) is 9.15 Å². The molecule has 6 heteroatoms. The lowest BCUT2D eigenvalue weighted by Crippen LogP contribution is -2.40. The van der Waals surface area contributed by atoms with Gasteiger partial charge < -0.3 is 14.1 Å². The van der Waals surface area contributed by atoms with Gasteiger partial charge >= 0.3 is 5.97 Å². The number of benzene rings is 1. The fourth-order valence-electron chi connectivity index (χ4n) is 3.47. The number of hydrogen-bond acceptors (Lipinski definition) is 5. The molecule has 0 radical (unpaired) electrons. The summed E-state index contributed by atoms with van der Waals surface area (Å²) in [5, 5.41) is 0. The van der Waals surface area contributed by atoms with Crippen molar-refractivity contribution in [1.29, 1.82) is 0 Å². The number of rotatable bonds is 5. The Morgan fingerprint density at radius 3 is 2.39 bits per heavy atom. The Hall–Kier alpha value is -2.89. The number of ketones is 1. The Balaban J connectivity index is 1.50. The van der Waals surface area contributed by atoms with Crippen LogP contribution in [0.5, 0.6) is 0 Å². The molecule has 1 amide bonds. The molecule has 148 valence electrons. The van der Waals surface area contributed by atoms with E-state index in [1.165, 1.54) is 6.26 Å². The Morgan fingerprint density at radius 2 is 1.75 bits per heavy atom. The second kappa shape index (κ2) is 8.42. The van der Waals surface area contributed by atoms with E-state index in [1.807, 2.05) is 32.9 Å². The summed E-state index contributed by atoms with van der Waals surface area (Å²) < 4.78 is 10.4. The number of likely N-dealkylation sites (tertiary alicyclic amines) is 1. The molecule has 0 saturated carbocycles. The maximum atomic E-state index is 12.4. The van der Waals surface area contributed by atoms with E-state index in [0.29, 0.717) is 37.3 Å². The standard InChI is InChI=1S/C22H25NO5/c1-14-11-16(3)18(12-15(14)2)19(24)13-28-22(26)17-6-8-23(9-7-17)21(25)20-5-4-10-27-20/h4-5,10-12,17H,6-9,13H2,1-3H3. The second-order valence-electron chi connectivity index (χ2n) is 7.33. The lowest BCUT2D eigenvalue weighted by molar-refractivity contribution is -0.148. The third kappa shape index (κ3) is 4.32. The van der Waals surface area contributed by atoms with Crippen LogP contribution in [-0.2, 0) is 9.53 Å². The lowest BCUT2D eigenvalue weighted by atomic mass is 9.96. The molecule has 0 bridgehead atoms. The molecular formula is C22H25NO5. The normalized spacial score (nSPS) is 14.8. The van der Waals surface area contributed by atoms with Crippen molar-refractivity contribution in [2.75, 3.05) is 19.7 Å². The predicted molar refractivity (Wildman–Crippen MR) is 103 cm³/mol. The Bertz CT molecular complexity index is 877. The largest absolute Gasteiger partial charge is 0.459 e. The smallest absolute Gasteiger partial charge is 0.309 e. The highest BCUT2D eigenvalue weighted by atomic mass is 16.5. The maximum absolute atomic E-state index is 12.4. The van der Waals surface area contributed by atoms with Gasteiger partial charge in [-0.15, -0.1) is 0 Å². The van der Waals surface area contributed by atoms with Crippen LogP contribution < -0.4 is 0 Å². The summed E-state index contributed by atoms with van der Waals surface area (Å²) in [7, 11) is 0. The van der Waals surface area contributed by atoms with Gasteiger partial charge in [-0.05, 0) is 68.5 Å². The van der Waals surface area contributed by atoms with Crippen LogP contribution in [0.15, 0.2) is 34.9 Å². The first-order valence-corrected chi connectivity index (χ1v) is 9.47. The van der Waals surface area contributed by atoms with Crippen molar-refractivity contribution in [3.8, 4) is 0 Å². The number of hydrogen-bond donors (Lipinski definition) is 0. The van der Waals surface area contributed by atoms with Crippen molar-refractivity contribution in [3.05, 3.63) is 58.5 Å². The molecule has 0 aliphatic carbocycles. The minimum absolute atomic E-state index is 0.169. The number of piperidine rings is 1. The summed E-state index contributed by atoms with van der Waals surface area (Å²) in [6.45, 7) is 6.50. The van der Waals surface area contributed by atoms with E-state index >= 15 is 0 Å². The topological polar surface area (TPSA) is 76.8 Å². The van der Waals surface area contributed by atoms with Gasteiger partial charge in [0.25, 0.3) is 5.91 Å². The van der Waals surface area contributed by atoms with E-state index in [1.54, 1.807) is 17.0 Å². The number of nitrogens with zero attached hydrogens (tertiary/aromatic N) is 1. The van der Waals surface area contributed by atoms with E-state index in [-0.39, 0.29) is 30.2 Å². The van der Waals surface area contributed by atoms with Crippen LogP contribution in [0, 0.1) is 26.7 Å². The molecular weight excluding hydrogens is 358 g/mol. The molecule has 1 saturated heterocycles. The molecule has 1 aromatic heterocycles. The van der Waals surface area contributed by atoms with Crippen molar-refractivity contribution >= 4 is 17.7 Å². The van der Waals surface area contributed by atoms with Gasteiger partial charge in [0.15, 0.2) is 12.4 Å². The zero-order valence-corrected chi connectivity index (χ0v) is 16.5. The second-order valence-corrected chi connectivity index (χ2v) is 7.33. The van der Waals surface area contributed by atoms with Crippen molar-refractivity contribution in [2.24, 2.45) is 5.92 Å². The van der Waals surface area contributed by atoms with Gasteiger partial charge in [-0.2, -0.15) is 0 Å². The van der Waals surface area contributed by atoms with Gasteiger partial charge in [0.2, 0.25) is 5.78 Å². The molecule has 2 heterocycles. The highest BCUT2D eigenvalue weighted by Gasteiger charge is 2.30. The van der Waals surface area contributed by atoms with Crippen LogP contribution in [0.4, 0.5) is 0 Å². The lowest BCUT2D eigenvalue weighted by Gasteiger charge is -2.30. The molecule has 0 N–H and O–H groups in total. The molecule has 3 rings (SSSR count). The number of furan rings is 1. The first-order chi connectivity index (χ1) is 13.4. The average Bonchev–Trinajstić information content (AvgIpc) is 3.23. The summed E-state index contributed by atoms with van der Waals surface area (Å²) in [5.74, 6) is -0.735. The van der Waals surface area contributed by atoms with Crippen molar-refractivity contribution in [3.63, 3.8) is 0 Å². The Kier molecular flexibility index (Phi) is 5.97. The summed E-state index contributed by atoms with van der Waals surface area (Å²) >= 11 is 0. The van der Waals surface area contributed by atoms with Gasteiger partial charge in [-0.25, -0.2) is 0 Å². The first kappa shape index (κ1) is 19.9. The predicted octanol–water partition coefficient (Wildman–Crippen LogP) is 3.48. The number of aryl methyl sites for hydroxylation is 3. The molecule has 1 aliphatic rings.